The van der Waals surface area contributed by atoms with Gasteiger partial charge in [-0.15, -0.1) is 0 Å². The Morgan fingerprint density at radius 1 is 1.35 bits per heavy atom. The Morgan fingerprint density at radius 2 is 2.06 bits per heavy atom. The number of amides is 1. The molecule has 2 heterocycles. The van der Waals surface area contributed by atoms with Crippen LogP contribution in [0.5, 0.6) is 0 Å². The largest absolute Gasteiger partial charge is 0.456 e. The first kappa shape index (κ1) is 12.1. The van der Waals surface area contributed by atoms with Gasteiger partial charge in [-0.3, -0.25) is 9.69 Å². The number of β-amino-alcohol motifs (C(OH)–C–C–N with tert-alkyl or cyclic N) is 1. The molecule has 0 aromatic carbocycles. The Labute approximate surface area is 101 Å². The van der Waals surface area contributed by atoms with E-state index in [2.05, 4.69) is 4.90 Å². The summed E-state index contributed by atoms with van der Waals surface area (Å²) < 4.78 is 5.33. The van der Waals surface area contributed by atoms with Crippen LogP contribution >= 0.6 is 0 Å². The van der Waals surface area contributed by atoms with E-state index in [0.29, 0.717) is 25.4 Å². The Balaban J connectivity index is 1.90. The lowest BCUT2D eigenvalue weighted by atomic mass is 10.3. The summed E-state index contributed by atoms with van der Waals surface area (Å²) in [6.45, 7) is 5.69. The van der Waals surface area contributed by atoms with E-state index in [9.17, 15) is 4.79 Å². The highest BCUT2D eigenvalue weighted by atomic mass is 16.3. The first-order chi connectivity index (χ1) is 8.20. The molecule has 5 heteroatoms. The Bertz CT molecular complexity index is 381. The standard InChI is InChI=1S/C12H18N2O3/c1-10-2-3-11(17-10)12(16)14-6-4-13(5-7-14)8-9-15/h2-3,15H,4-9H2,1H3. The minimum atomic E-state index is -0.0400. The fraction of sp³-hybridized carbons (Fsp3) is 0.583. The summed E-state index contributed by atoms with van der Waals surface area (Å²) in [5.74, 6) is 1.13. The third-order valence-corrected chi connectivity index (χ3v) is 3.03. The number of carbonyl (C=O) groups is 1. The molecule has 2 rings (SSSR count). The maximum atomic E-state index is 12.0. The molecule has 1 aromatic rings. The van der Waals surface area contributed by atoms with Crippen LogP contribution in [0.1, 0.15) is 16.3 Å². The molecule has 0 saturated carbocycles. The number of piperazine rings is 1. The minimum absolute atomic E-state index is 0.0400. The highest BCUT2D eigenvalue weighted by Crippen LogP contribution is 2.11. The Hall–Kier alpha value is -1.33. The van der Waals surface area contributed by atoms with E-state index in [4.69, 9.17) is 9.52 Å². The number of nitrogens with zero attached hydrogens (tertiary/aromatic N) is 2. The van der Waals surface area contributed by atoms with Gasteiger partial charge in [0.2, 0.25) is 0 Å². The summed E-state index contributed by atoms with van der Waals surface area (Å²) in [6.07, 6.45) is 0. The third-order valence-electron chi connectivity index (χ3n) is 3.03. The number of rotatable bonds is 3. The first-order valence-corrected chi connectivity index (χ1v) is 5.89. The molecule has 17 heavy (non-hydrogen) atoms. The molecule has 0 radical (unpaired) electrons. The molecule has 0 unspecified atom stereocenters. The van der Waals surface area contributed by atoms with Gasteiger partial charge in [0, 0.05) is 32.7 Å². The zero-order chi connectivity index (χ0) is 12.3. The highest BCUT2D eigenvalue weighted by molar-refractivity contribution is 5.91. The van der Waals surface area contributed by atoms with Crippen LogP contribution in [0.25, 0.3) is 0 Å². The highest BCUT2D eigenvalue weighted by Gasteiger charge is 2.23. The van der Waals surface area contributed by atoms with Gasteiger partial charge in [0.1, 0.15) is 5.76 Å². The molecular formula is C12H18N2O3. The van der Waals surface area contributed by atoms with Gasteiger partial charge in [0.05, 0.1) is 6.61 Å². The van der Waals surface area contributed by atoms with Crippen molar-refractivity contribution in [1.82, 2.24) is 9.80 Å². The van der Waals surface area contributed by atoms with Crippen LogP contribution in [0.15, 0.2) is 16.5 Å². The molecule has 0 bridgehead atoms. The molecule has 94 valence electrons. The fourth-order valence-electron chi connectivity index (χ4n) is 2.02. The lowest BCUT2D eigenvalue weighted by Crippen LogP contribution is -2.49. The summed E-state index contributed by atoms with van der Waals surface area (Å²) in [5, 5.41) is 8.84. The minimum Gasteiger partial charge on any atom is -0.456 e. The molecule has 1 aromatic heterocycles. The molecule has 1 aliphatic heterocycles. The monoisotopic (exact) mass is 238 g/mol. The summed E-state index contributed by atoms with van der Waals surface area (Å²) in [5.41, 5.74) is 0. The molecule has 1 aliphatic rings. The number of hydrogen-bond donors (Lipinski definition) is 1. The van der Waals surface area contributed by atoms with Crippen LogP contribution in [0.4, 0.5) is 0 Å². The molecule has 1 saturated heterocycles. The predicted molar refractivity (Wildman–Crippen MR) is 62.9 cm³/mol. The average Bonchev–Trinajstić information content (AvgIpc) is 2.76. The van der Waals surface area contributed by atoms with Crippen molar-refractivity contribution in [3.63, 3.8) is 0 Å². The first-order valence-electron chi connectivity index (χ1n) is 5.89. The molecule has 1 N–H and O–H groups in total. The predicted octanol–water partition coefficient (Wildman–Crippen LogP) is 0.338. The smallest absolute Gasteiger partial charge is 0.289 e. The maximum Gasteiger partial charge on any atom is 0.289 e. The van der Waals surface area contributed by atoms with Crippen molar-refractivity contribution >= 4 is 5.91 Å². The van der Waals surface area contributed by atoms with E-state index >= 15 is 0 Å². The third kappa shape index (κ3) is 2.87. The molecule has 1 fully saturated rings. The fourth-order valence-corrected chi connectivity index (χ4v) is 2.02. The summed E-state index contributed by atoms with van der Waals surface area (Å²) in [6, 6.07) is 3.52. The molecule has 0 aliphatic carbocycles. The molecule has 0 atom stereocenters. The Morgan fingerprint density at radius 3 is 2.59 bits per heavy atom. The van der Waals surface area contributed by atoms with Gasteiger partial charge in [-0.2, -0.15) is 0 Å². The number of aryl methyl sites for hydroxylation is 1. The quantitative estimate of drug-likeness (QED) is 0.825. The molecule has 0 spiro atoms. The van der Waals surface area contributed by atoms with Gasteiger partial charge in [-0.05, 0) is 19.1 Å². The van der Waals surface area contributed by atoms with Gasteiger partial charge in [-0.25, -0.2) is 0 Å². The van der Waals surface area contributed by atoms with E-state index < -0.39 is 0 Å². The maximum absolute atomic E-state index is 12.0. The van der Waals surface area contributed by atoms with Crippen molar-refractivity contribution in [2.45, 2.75) is 6.92 Å². The summed E-state index contributed by atoms with van der Waals surface area (Å²) in [7, 11) is 0. The molecular weight excluding hydrogens is 220 g/mol. The van der Waals surface area contributed by atoms with E-state index in [1.54, 1.807) is 17.0 Å². The van der Waals surface area contributed by atoms with E-state index in [1.807, 2.05) is 6.92 Å². The van der Waals surface area contributed by atoms with Gasteiger partial charge in [0.25, 0.3) is 5.91 Å². The second-order valence-corrected chi connectivity index (χ2v) is 4.27. The van der Waals surface area contributed by atoms with Crippen molar-refractivity contribution < 1.29 is 14.3 Å². The van der Waals surface area contributed by atoms with Crippen LogP contribution in [-0.2, 0) is 0 Å². The lowest BCUT2D eigenvalue weighted by molar-refractivity contribution is 0.0584. The second-order valence-electron chi connectivity index (χ2n) is 4.27. The van der Waals surface area contributed by atoms with Crippen LogP contribution in [-0.4, -0.2) is 60.1 Å². The van der Waals surface area contributed by atoms with E-state index in [-0.39, 0.29) is 12.5 Å². The van der Waals surface area contributed by atoms with Crippen molar-refractivity contribution in [3.8, 4) is 0 Å². The lowest BCUT2D eigenvalue weighted by Gasteiger charge is -2.33. The summed E-state index contributed by atoms with van der Waals surface area (Å²) in [4.78, 5) is 16.0. The van der Waals surface area contributed by atoms with E-state index in [0.717, 1.165) is 18.8 Å². The zero-order valence-corrected chi connectivity index (χ0v) is 10.1. The normalized spacial score (nSPS) is 17.4. The number of hydrogen-bond acceptors (Lipinski definition) is 4. The van der Waals surface area contributed by atoms with Crippen molar-refractivity contribution in [2.75, 3.05) is 39.3 Å². The Kier molecular flexibility index (Phi) is 3.81. The number of carbonyl (C=O) groups excluding carboxylic acids is 1. The molecule has 5 nitrogen and oxygen atoms in total. The van der Waals surface area contributed by atoms with Crippen LogP contribution in [0.2, 0.25) is 0 Å². The average molecular weight is 238 g/mol. The van der Waals surface area contributed by atoms with Gasteiger partial charge >= 0.3 is 0 Å². The van der Waals surface area contributed by atoms with Gasteiger partial charge < -0.3 is 14.4 Å². The van der Waals surface area contributed by atoms with E-state index in [1.165, 1.54) is 0 Å². The summed E-state index contributed by atoms with van der Waals surface area (Å²) >= 11 is 0. The van der Waals surface area contributed by atoms with Crippen molar-refractivity contribution in [3.05, 3.63) is 23.7 Å². The van der Waals surface area contributed by atoms with Crippen molar-refractivity contribution in [2.24, 2.45) is 0 Å². The number of aliphatic hydroxyl groups excluding tert-OH is 1. The number of furan rings is 1. The van der Waals surface area contributed by atoms with Gasteiger partial charge in [-0.1, -0.05) is 0 Å². The number of aliphatic hydroxyl groups is 1. The SMILES string of the molecule is Cc1ccc(C(=O)N2CCN(CCO)CC2)o1. The second kappa shape index (κ2) is 5.33. The zero-order valence-electron chi connectivity index (χ0n) is 10.1. The van der Waals surface area contributed by atoms with Crippen molar-refractivity contribution in [1.29, 1.82) is 0 Å². The van der Waals surface area contributed by atoms with Crippen LogP contribution in [0.3, 0.4) is 0 Å². The molecule has 1 amide bonds. The van der Waals surface area contributed by atoms with Gasteiger partial charge in [0.15, 0.2) is 5.76 Å². The van der Waals surface area contributed by atoms with Crippen LogP contribution < -0.4 is 0 Å². The topological polar surface area (TPSA) is 56.9 Å². The van der Waals surface area contributed by atoms with Crippen LogP contribution in [0, 0.1) is 6.92 Å².